The van der Waals surface area contributed by atoms with Gasteiger partial charge in [0.1, 0.15) is 0 Å². The number of halogens is 1. The SMILES string of the molecule is CCNC(=NCCc1nc(C)no1)NCCn1cccc1.I. The van der Waals surface area contributed by atoms with Crippen LogP contribution in [0.2, 0.25) is 0 Å². The van der Waals surface area contributed by atoms with E-state index < -0.39 is 0 Å². The average Bonchev–Trinajstić information content (AvgIpc) is 3.11. The fourth-order valence-corrected chi connectivity index (χ4v) is 1.87. The maximum atomic E-state index is 5.06. The Morgan fingerprint density at radius 3 is 2.73 bits per heavy atom. The topological polar surface area (TPSA) is 80.3 Å². The molecule has 0 amide bonds. The second kappa shape index (κ2) is 10.2. The molecule has 0 aliphatic carbocycles. The highest BCUT2D eigenvalue weighted by Gasteiger charge is 2.02. The molecule has 0 unspecified atom stereocenters. The van der Waals surface area contributed by atoms with Crippen molar-refractivity contribution >= 4 is 29.9 Å². The zero-order chi connectivity index (χ0) is 14.9. The Morgan fingerprint density at radius 1 is 1.32 bits per heavy atom. The summed E-state index contributed by atoms with van der Waals surface area (Å²) in [6.07, 6.45) is 4.74. The van der Waals surface area contributed by atoms with E-state index in [9.17, 15) is 0 Å². The summed E-state index contributed by atoms with van der Waals surface area (Å²) in [5.41, 5.74) is 0. The maximum absolute atomic E-state index is 5.06. The van der Waals surface area contributed by atoms with Crippen molar-refractivity contribution in [3.8, 4) is 0 Å². The molecule has 0 aromatic carbocycles. The van der Waals surface area contributed by atoms with Crippen LogP contribution >= 0.6 is 24.0 Å². The van der Waals surface area contributed by atoms with Crippen LogP contribution in [0, 0.1) is 6.92 Å². The number of nitrogens with zero attached hydrogens (tertiary/aromatic N) is 4. The summed E-state index contributed by atoms with van der Waals surface area (Å²) in [4.78, 5) is 8.65. The van der Waals surface area contributed by atoms with Crippen LogP contribution in [0.3, 0.4) is 0 Å². The molecule has 22 heavy (non-hydrogen) atoms. The molecule has 8 heteroatoms. The zero-order valence-corrected chi connectivity index (χ0v) is 15.3. The molecule has 0 spiro atoms. The largest absolute Gasteiger partial charge is 0.357 e. The summed E-state index contributed by atoms with van der Waals surface area (Å²) in [6, 6.07) is 4.04. The molecule has 2 N–H and O–H groups in total. The second-order valence-electron chi connectivity index (χ2n) is 4.59. The number of hydrogen-bond donors (Lipinski definition) is 2. The Kier molecular flexibility index (Phi) is 8.56. The highest BCUT2D eigenvalue weighted by atomic mass is 127. The summed E-state index contributed by atoms with van der Waals surface area (Å²) in [6.45, 7) is 7.02. The first-order valence-corrected chi connectivity index (χ1v) is 7.20. The van der Waals surface area contributed by atoms with Gasteiger partial charge in [-0.25, -0.2) is 0 Å². The monoisotopic (exact) mass is 418 g/mol. The molecule has 7 nitrogen and oxygen atoms in total. The van der Waals surface area contributed by atoms with Crippen LogP contribution in [0.1, 0.15) is 18.6 Å². The van der Waals surface area contributed by atoms with Gasteiger partial charge in [-0.05, 0) is 26.0 Å². The number of aliphatic imine (C=N–C) groups is 1. The third-order valence-corrected chi connectivity index (χ3v) is 2.84. The van der Waals surface area contributed by atoms with Crippen LogP contribution < -0.4 is 10.6 Å². The van der Waals surface area contributed by atoms with Crippen molar-refractivity contribution in [2.75, 3.05) is 19.6 Å². The van der Waals surface area contributed by atoms with Gasteiger partial charge in [0, 0.05) is 38.4 Å². The van der Waals surface area contributed by atoms with Crippen molar-refractivity contribution in [3.63, 3.8) is 0 Å². The molecule has 0 saturated heterocycles. The van der Waals surface area contributed by atoms with Crippen molar-refractivity contribution < 1.29 is 4.52 Å². The Hall–Kier alpha value is -1.58. The summed E-state index contributed by atoms with van der Waals surface area (Å²) in [5.74, 6) is 2.09. The molecule has 0 atom stereocenters. The molecule has 0 radical (unpaired) electrons. The van der Waals surface area contributed by atoms with E-state index in [1.54, 1.807) is 0 Å². The van der Waals surface area contributed by atoms with Crippen molar-refractivity contribution in [2.24, 2.45) is 4.99 Å². The third-order valence-electron chi connectivity index (χ3n) is 2.84. The smallest absolute Gasteiger partial charge is 0.228 e. The van der Waals surface area contributed by atoms with E-state index in [0.29, 0.717) is 24.7 Å². The number of aryl methyl sites for hydroxylation is 1. The molecule has 2 heterocycles. The third kappa shape index (κ3) is 6.46. The minimum absolute atomic E-state index is 0. The molecule has 0 aliphatic heterocycles. The molecule has 2 rings (SSSR count). The summed E-state index contributed by atoms with van der Waals surface area (Å²) in [7, 11) is 0. The molecular formula is C14H23IN6O. The minimum Gasteiger partial charge on any atom is -0.357 e. The predicted octanol–water partition coefficient (Wildman–Crippen LogP) is 1.60. The maximum Gasteiger partial charge on any atom is 0.228 e. The summed E-state index contributed by atoms with van der Waals surface area (Å²) >= 11 is 0. The van der Waals surface area contributed by atoms with E-state index in [4.69, 9.17) is 4.52 Å². The molecule has 0 bridgehead atoms. The fourth-order valence-electron chi connectivity index (χ4n) is 1.87. The van der Waals surface area contributed by atoms with Gasteiger partial charge in [-0.2, -0.15) is 4.98 Å². The van der Waals surface area contributed by atoms with E-state index in [0.717, 1.165) is 25.6 Å². The van der Waals surface area contributed by atoms with E-state index in [-0.39, 0.29) is 24.0 Å². The Labute approximate surface area is 147 Å². The number of nitrogens with one attached hydrogen (secondary N) is 2. The lowest BCUT2D eigenvalue weighted by Gasteiger charge is -2.11. The second-order valence-corrected chi connectivity index (χ2v) is 4.59. The molecule has 2 aromatic rings. The van der Waals surface area contributed by atoms with E-state index >= 15 is 0 Å². The lowest BCUT2D eigenvalue weighted by molar-refractivity contribution is 0.376. The van der Waals surface area contributed by atoms with Crippen LogP contribution in [0.25, 0.3) is 0 Å². The van der Waals surface area contributed by atoms with Crippen molar-refractivity contribution in [3.05, 3.63) is 36.2 Å². The molecule has 0 aliphatic rings. The van der Waals surface area contributed by atoms with Gasteiger partial charge < -0.3 is 19.7 Å². The Balaban J connectivity index is 0.00000242. The zero-order valence-electron chi connectivity index (χ0n) is 13.0. The Bertz CT molecular complexity index is 551. The van der Waals surface area contributed by atoms with Crippen LogP contribution in [0.5, 0.6) is 0 Å². The predicted molar refractivity (Wildman–Crippen MR) is 96.6 cm³/mol. The lowest BCUT2D eigenvalue weighted by Crippen LogP contribution is -2.39. The van der Waals surface area contributed by atoms with Gasteiger partial charge in [0.15, 0.2) is 11.8 Å². The van der Waals surface area contributed by atoms with Gasteiger partial charge >= 0.3 is 0 Å². The highest BCUT2D eigenvalue weighted by Crippen LogP contribution is 1.96. The first-order valence-electron chi connectivity index (χ1n) is 7.20. The fraction of sp³-hybridized carbons (Fsp3) is 0.500. The standard InChI is InChI=1S/C14H22N6O.HI/c1-3-15-14(17-8-11-20-9-4-5-10-20)16-7-6-13-18-12(2)19-21-13;/h4-5,9-10H,3,6-8,11H2,1-2H3,(H2,15,16,17);1H. The number of aromatic nitrogens is 3. The van der Waals surface area contributed by atoms with Crippen LogP contribution in [-0.2, 0) is 13.0 Å². The van der Waals surface area contributed by atoms with E-state index in [1.165, 1.54) is 0 Å². The first-order chi connectivity index (χ1) is 10.3. The normalized spacial score (nSPS) is 11.1. The minimum atomic E-state index is 0. The van der Waals surface area contributed by atoms with Crippen LogP contribution in [-0.4, -0.2) is 40.3 Å². The average molecular weight is 418 g/mol. The Morgan fingerprint density at radius 2 is 2.09 bits per heavy atom. The number of hydrogen-bond acceptors (Lipinski definition) is 4. The van der Waals surface area contributed by atoms with Crippen molar-refractivity contribution in [2.45, 2.75) is 26.8 Å². The van der Waals surface area contributed by atoms with Gasteiger partial charge in [0.2, 0.25) is 5.89 Å². The molecule has 0 saturated carbocycles. The van der Waals surface area contributed by atoms with E-state index in [2.05, 4.69) is 30.3 Å². The number of guanidine groups is 1. The molecule has 122 valence electrons. The molecule has 0 fully saturated rings. The van der Waals surface area contributed by atoms with Gasteiger partial charge in [0.05, 0.1) is 6.54 Å². The van der Waals surface area contributed by atoms with Gasteiger partial charge in [-0.3, -0.25) is 4.99 Å². The van der Waals surface area contributed by atoms with Crippen molar-refractivity contribution in [1.29, 1.82) is 0 Å². The molecule has 2 aromatic heterocycles. The van der Waals surface area contributed by atoms with Gasteiger partial charge in [-0.1, -0.05) is 5.16 Å². The van der Waals surface area contributed by atoms with Gasteiger partial charge in [0.25, 0.3) is 0 Å². The summed E-state index contributed by atoms with van der Waals surface area (Å²) < 4.78 is 7.18. The van der Waals surface area contributed by atoms with Crippen molar-refractivity contribution in [1.82, 2.24) is 25.3 Å². The van der Waals surface area contributed by atoms with Crippen LogP contribution in [0.15, 0.2) is 34.0 Å². The highest BCUT2D eigenvalue weighted by molar-refractivity contribution is 14.0. The van der Waals surface area contributed by atoms with Gasteiger partial charge in [-0.15, -0.1) is 24.0 Å². The van der Waals surface area contributed by atoms with Crippen LogP contribution in [0.4, 0.5) is 0 Å². The summed E-state index contributed by atoms with van der Waals surface area (Å²) in [5, 5.41) is 10.3. The quantitative estimate of drug-likeness (QED) is 0.406. The number of rotatable bonds is 7. The van der Waals surface area contributed by atoms with E-state index in [1.807, 2.05) is 38.4 Å². The molecular weight excluding hydrogens is 395 g/mol. The lowest BCUT2D eigenvalue weighted by atomic mass is 10.4. The first kappa shape index (κ1) is 18.5.